The van der Waals surface area contributed by atoms with Gasteiger partial charge in [-0.25, -0.2) is 14.3 Å². The summed E-state index contributed by atoms with van der Waals surface area (Å²) in [5.41, 5.74) is 0.540. The van der Waals surface area contributed by atoms with Crippen molar-refractivity contribution in [1.82, 2.24) is 14.6 Å². The highest BCUT2D eigenvalue weighted by molar-refractivity contribution is 5.86. The van der Waals surface area contributed by atoms with Crippen LogP contribution in [0.4, 0.5) is 0 Å². The largest absolute Gasteiger partial charge is 0.479 e. The predicted molar refractivity (Wildman–Crippen MR) is 46.5 cm³/mol. The highest BCUT2D eigenvalue weighted by Gasteiger charge is 2.12. The van der Waals surface area contributed by atoms with Crippen molar-refractivity contribution in [3.63, 3.8) is 0 Å². The predicted octanol–water partition coefficient (Wildman–Crippen LogP) is 0.436. The highest BCUT2D eigenvalue weighted by Crippen LogP contribution is 2.16. The molecule has 6 nitrogen and oxygen atoms in total. The van der Waals surface area contributed by atoms with Crippen LogP contribution in [0, 0.1) is 0 Å². The van der Waals surface area contributed by atoms with Crippen LogP contribution in [0.2, 0.25) is 0 Å². The maximum atomic E-state index is 10.8. The Kier molecular flexibility index (Phi) is 1.81. The zero-order valence-electron chi connectivity index (χ0n) is 7.34. The smallest absolute Gasteiger partial charge is 0.356 e. The number of aromatic nitrogens is 3. The summed E-state index contributed by atoms with van der Waals surface area (Å²) in [5, 5.41) is 12.7. The number of hydrogen-bond acceptors (Lipinski definition) is 4. The molecule has 0 saturated heterocycles. The molecule has 6 heteroatoms. The van der Waals surface area contributed by atoms with E-state index in [1.165, 1.54) is 24.0 Å². The van der Waals surface area contributed by atoms with Crippen LogP contribution in [0.1, 0.15) is 10.5 Å². The third-order valence-corrected chi connectivity index (χ3v) is 1.81. The van der Waals surface area contributed by atoms with Crippen molar-refractivity contribution in [3.05, 3.63) is 24.2 Å². The average molecular weight is 193 g/mol. The van der Waals surface area contributed by atoms with Crippen molar-refractivity contribution < 1.29 is 14.6 Å². The maximum Gasteiger partial charge on any atom is 0.356 e. The molecule has 0 aromatic carbocycles. The summed E-state index contributed by atoms with van der Waals surface area (Å²) < 4.78 is 6.23. The minimum Gasteiger partial charge on any atom is -0.479 e. The highest BCUT2D eigenvalue weighted by atomic mass is 16.5. The van der Waals surface area contributed by atoms with Crippen LogP contribution in [-0.4, -0.2) is 32.8 Å². The number of ether oxygens (including phenoxy) is 1. The number of aromatic carboxylic acids is 1. The summed E-state index contributed by atoms with van der Waals surface area (Å²) in [6.45, 7) is 0. The monoisotopic (exact) mass is 193 g/mol. The first-order valence-corrected chi connectivity index (χ1v) is 3.84. The molecule has 0 aliphatic heterocycles. The SMILES string of the molecule is COc1ncc(C(=O)O)n2nccc12. The molecular formula is C8H7N3O3. The molecule has 0 bridgehead atoms. The molecule has 0 aliphatic carbocycles. The van der Waals surface area contributed by atoms with Crippen molar-refractivity contribution in [2.45, 2.75) is 0 Å². The van der Waals surface area contributed by atoms with Crippen molar-refractivity contribution in [2.75, 3.05) is 7.11 Å². The van der Waals surface area contributed by atoms with Gasteiger partial charge in [-0.05, 0) is 6.07 Å². The van der Waals surface area contributed by atoms with Crippen LogP contribution in [0.5, 0.6) is 5.88 Å². The van der Waals surface area contributed by atoms with E-state index in [0.29, 0.717) is 11.4 Å². The Morgan fingerprint density at radius 3 is 3.07 bits per heavy atom. The van der Waals surface area contributed by atoms with Gasteiger partial charge in [0.05, 0.1) is 19.5 Å². The van der Waals surface area contributed by atoms with Crippen LogP contribution >= 0.6 is 0 Å². The van der Waals surface area contributed by atoms with Gasteiger partial charge in [0.1, 0.15) is 5.52 Å². The molecule has 0 radical (unpaired) electrons. The standard InChI is InChI=1S/C8H7N3O3/c1-14-7-5-2-3-10-11(5)6(4-9-7)8(12)13/h2-4H,1H3,(H,12,13). The molecule has 0 aliphatic rings. The van der Waals surface area contributed by atoms with Gasteiger partial charge in [-0.15, -0.1) is 0 Å². The van der Waals surface area contributed by atoms with E-state index >= 15 is 0 Å². The number of rotatable bonds is 2. The van der Waals surface area contributed by atoms with Crippen molar-refractivity contribution in [2.24, 2.45) is 0 Å². The molecule has 2 aromatic rings. The summed E-state index contributed by atoms with van der Waals surface area (Å²) in [4.78, 5) is 14.6. The second-order valence-corrected chi connectivity index (χ2v) is 2.59. The summed E-state index contributed by atoms with van der Waals surface area (Å²) in [6, 6.07) is 1.64. The van der Waals surface area contributed by atoms with E-state index in [2.05, 4.69) is 10.1 Å². The van der Waals surface area contributed by atoms with Gasteiger partial charge in [0, 0.05) is 0 Å². The Bertz CT molecular complexity index is 492. The Hall–Kier alpha value is -2.11. The van der Waals surface area contributed by atoms with Crippen LogP contribution in [0.3, 0.4) is 0 Å². The van der Waals surface area contributed by atoms with E-state index in [0.717, 1.165) is 0 Å². The number of carboxylic acids is 1. The van der Waals surface area contributed by atoms with E-state index in [1.807, 2.05) is 0 Å². The van der Waals surface area contributed by atoms with E-state index in [1.54, 1.807) is 6.07 Å². The molecule has 0 amide bonds. The summed E-state index contributed by atoms with van der Waals surface area (Å²) in [5.74, 6) is -0.721. The Balaban J connectivity index is 2.78. The molecule has 0 spiro atoms. The number of carboxylic acid groups (broad SMARTS) is 1. The summed E-state index contributed by atoms with van der Waals surface area (Å²) >= 11 is 0. The van der Waals surface area contributed by atoms with Crippen molar-refractivity contribution in [1.29, 1.82) is 0 Å². The van der Waals surface area contributed by atoms with Gasteiger partial charge < -0.3 is 9.84 Å². The van der Waals surface area contributed by atoms with Gasteiger partial charge in [0.15, 0.2) is 5.69 Å². The summed E-state index contributed by atoms with van der Waals surface area (Å²) in [7, 11) is 1.47. The lowest BCUT2D eigenvalue weighted by Gasteiger charge is -2.03. The first-order chi connectivity index (χ1) is 6.74. The van der Waals surface area contributed by atoms with Crippen molar-refractivity contribution in [3.8, 4) is 5.88 Å². The Morgan fingerprint density at radius 1 is 1.64 bits per heavy atom. The first-order valence-electron chi connectivity index (χ1n) is 3.84. The topological polar surface area (TPSA) is 76.7 Å². The van der Waals surface area contributed by atoms with Gasteiger partial charge in [-0.2, -0.15) is 5.10 Å². The molecule has 2 rings (SSSR count). The number of hydrogen-bond donors (Lipinski definition) is 1. The number of carbonyl (C=O) groups is 1. The number of fused-ring (bicyclic) bond motifs is 1. The van der Waals surface area contributed by atoms with Crippen LogP contribution < -0.4 is 4.74 Å². The van der Waals surface area contributed by atoms with Gasteiger partial charge >= 0.3 is 5.97 Å². The quantitative estimate of drug-likeness (QED) is 0.748. The second-order valence-electron chi connectivity index (χ2n) is 2.59. The third kappa shape index (κ3) is 1.08. The molecular weight excluding hydrogens is 186 g/mol. The van der Waals surface area contributed by atoms with Crippen LogP contribution in [0.15, 0.2) is 18.5 Å². The van der Waals surface area contributed by atoms with Gasteiger partial charge in [0.25, 0.3) is 0 Å². The maximum absolute atomic E-state index is 10.8. The minimum absolute atomic E-state index is 0.00537. The molecule has 0 fully saturated rings. The lowest BCUT2D eigenvalue weighted by atomic mass is 10.4. The number of nitrogens with zero attached hydrogens (tertiary/aromatic N) is 3. The molecule has 2 heterocycles. The van der Waals surface area contributed by atoms with E-state index in [4.69, 9.17) is 9.84 Å². The third-order valence-electron chi connectivity index (χ3n) is 1.81. The zero-order chi connectivity index (χ0) is 10.1. The molecule has 0 saturated carbocycles. The fraction of sp³-hybridized carbons (Fsp3) is 0.125. The normalized spacial score (nSPS) is 10.4. The fourth-order valence-electron chi connectivity index (χ4n) is 1.20. The molecule has 14 heavy (non-hydrogen) atoms. The molecule has 72 valence electrons. The molecule has 1 N–H and O–H groups in total. The van der Waals surface area contributed by atoms with Gasteiger partial charge in [-0.3, -0.25) is 0 Å². The average Bonchev–Trinajstić information content (AvgIpc) is 2.64. The number of methoxy groups -OCH3 is 1. The fourth-order valence-corrected chi connectivity index (χ4v) is 1.20. The Labute approximate surface area is 78.8 Å². The lowest BCUT2D eigenvalue weighted by molar-refractivity contribution is 0.0686. The summed E-state index contributed by atoms with van der Waals surface area (Å²) in [6.07, 6.45) is 2.70. The molecule has 2 aromatic heterocycles. The first kappa shape index (κ1) is 8.49. The minimum atomic E-state index is -1.08. The van der Waals surface area contributed by atoms with Gasteiger partial charge in [-0.1, -0.05) is 0 Å². The van der Waals surface area contributed by atoms with E-state index in [-0.39, 0.29) is 5.69 Å². The van der Waals surface area contributed by atoms with E-state index < -0.39 is 5.97 Å². The molecule has 0 atom stereocenters. The molecule has 0 unspecified atom stereocenters. The second kappa shape index (κ2) is 2.99. The van der Waals surface area contributed by atoms with Crippen LogP contribution in [-0.2, 0) is 0 Å². The lowest BCUT2D eigenvalue weighted by Crippen LogP contribution is -2.08. The van der Waals surface area contributed by atoms with E-state index in [9.17, 15) is 4.79 Å². The van der Waals surface area contributed by atoms with Gasteiger partial charge in [0.2, 0.25) is 5.88 Å². The van der Waals surface area contributed by atoms with Crippen LogP contribution in [0.25, 0.3) is 5.52 Å². The Morgan fingerprint density at radius 2 is 2.43 bits per heavy atom. The zero-order valence-corrected chi connectivity index (χ0v) is 7.34. The van der Waals surface area contributed by atoms with Crippen molar-refractivity contribution >= 4 is 11.5 Å².